The molecule has 0 spiro atoms. The molecule has 0 bridgehead atoms. The second kappa shape index (κ2) is 5.43. The Hall–Kier alpha value is -2.50. The average molecular weight is 259 g/mol. The van der Waals surface area contributed by atoms with E-state index in [1.165, 1.54) is 0 Å². The number of carbonyl (C=O) groups excluding carboxylic acids is 1. The molecule has 6 nitrogen and oxygen atoms in total. The van der Waals surface area contributed by atoms with Gasteiger partial charge in [-0.2, -0.15) is 5.10 Å². The molecule has 2 aromatic rings. The summed E-state index contributed by atoms with van der Waals surface area (Å²) in [4.78, 5) is 11.2. The monoisotopic (exact) mass is 259 g/mol. The molecular weight excluding hydrogens is 242 g/mol. The molecule has 0 aliphatic heterocycles. The summed E-state index contributed by atoms with van der Waals surface area (Å²) in [6, 6.07) is 7.19. The van der Waals surface area contributed by atoms with Crippen LogP contribution < -0.4 is 16.8 Å². The van der Waals surface area contributed by atoms with E-state index >= 15 is 0 Å². The Bertz CT molecular complexity index is 564. The van der Waals surface area contributed by atoms with Gasteiger partial charge in [0.05, 0.1) is 12.1 Å². The van der Waals surface area contributed by atoms with Crippen LogP contribution in [0.2, 0.25) is 0 Å². The van der Waals surface area contributed by atoms with Crippen molar-refractivity contribution >= 4 is 17.3 Å². The number of hydrogen-bond donors (Lipinski definition) is 3. The maximum Gasteiger partial charge on any atom is 0.250 e. The Labute approximate surface area is 111 Å². The number of anilines is 2. The van der Waals surface area contributed by atoms with Crippen LogP contribution in [-0.2, 0) is 6.54 Å². The van der Waals surface area contributed by atoms with Crippen molar-refractivity contribution < 1.29 is 4.79 Å². The molecule has 1 amide bonds. The lowest BCUT2D eigenvalue weighted by Crippen LogP contribution is -2.22. The minimum absolute atomic E-state index is 0.157. The van der Waals surface area contributed by atoms with Crippen molar-refractivity contribution in [3.05, 3.63) is 42.2 Å². The lowest BCUT2D eigenvalue weighted by atomic mass is 10.1. The Kier molecular flexibility index (Phi) is 3.70. The van der Waals surface area contributed by atoms with E-state index in [0.29, 0.717) is 11.3 Å². The third-order valence-electron chi connectivity index (χ3n) is 2.75. The molecule has 19 heavy (non-hydrogen) atoms. The van der Waals surface area contributed by atoms with Crippen molar-refractivity contribution in [2.45, 2.75) is 19.5 Å². The van der Waals surface area contributed by atoms with Gasteiger partial charge in [-0.3, -0.25) is 9.48 Å². The summed E-state index contributed by atoms with van der Waals surface area (Å²) in [5.74, 6) is -0.527. The SMILES string of the molecule is CC(Cn1cccn1)Nc1ccc(N)c(C(N)=O)c1. The third kappa shape index (κ3) is 3.25. The zero-order chi connectivity index (χ0) is 13.8. The van der Waals surface area contributed by atoms with E-state index in [9.17, 15) is 4.79 Å². The number of nitrogens with zero attached hydrogens (tertiary/aromatic N) is 2. The van der Waals surface area contributed by atoms with Crippen molar-refractivity contribution in [3.63, 3.8) is 0 Å². The number of rotatable bonds is 5. The second-order valence-electron chi connectivity index (χ2n) is 4.44. The quantitative estimate of drug-likeness (QED) is 0.699. The van der Waals surface area contributed by atoms with Crippen LogP contribution in [0, 0.1) is 0 Å². The van der Waals surface area contributed by atoms with Crippen LogP contribution in [0.25, 0.3) is 0 Å². The van der Waals surface area contributed by atoms with Gasteiger partial charge in [-0.15, -0.1) is 0 Å². The summed E-state index contributed by atoms with van der Waals surface area (Å²) in [6.45, 7) is 2.76. The molecule has 5 N–H and O–H groups in total. The summed E-state index contributed by atoms with van der Waals surface area (Å²) in [7, 11) is 0. The first-order valence-corrected chi connectivity index (χ1v) is 5.99. The first-order chi connectivity index (χ1) is 9.06. The fourth-order valence-electron chi connectivity index (χ4n) is 1.88. The molecule has 0 fully saturated rings. The summed E-state index contributed by atoms with van der Waals surface area (Å²) >= 11 is 0. The summed E-state index contributed by atoms with van der Waals surface area (Å²) in [5.41, 5.74) is 12.5. The molecule has 0 radical (unpaired) electrons. The number of amides is 1. The zero-order valence-electron chi connectivity index (χ0n) is 10.7. The molecule has 0 saturated heterocycles. The number of nitrogens with two attached hydrogens (primary N) is 2. The highest BCUT2D eigenvalue weighted by Crippen LogP contribution is 2.18. The number of aromatic nitrogens is 2. The highest BCUT2D eigenvalue weighted by atomic mass is 16.1. The Morgan fingerprint density at radius 2 is 2.32 bits per heavy atom. The van der Waals surface area contributed by atoms with Crippen molar-refractivity contribution in [1.82, 2.24) is 9.78 Å². The number of primary amides is 1. The Morgan fingerprint density at radius 1 is 1.53 bits per heavy atom. The van der Waals surface area contributed by atoms with Gasteiger partial charge < -0.3 is 16.8 Å². The molecule has 0 aliphatic rings. The van der Waals surface area contributed by atoms with Gasteiger partial charge in [0.25, 0.3) is 5.91 Å². The fourth-order valence-corrected chi connectivity index (χ4v) is 1.88. The van der Waals surface area contributed by atoms with Gasteiger partial charge in [0, 0.05) is 29.8 Å². The summed E-state index contributed by atoms with van der Waals surface area (Å²) < 4.78 is 1.84. The van der Waals surface area contributed by atoms with Crippen LogP contribution in [0.15, 0.2) is 36.7 Å². The topological polar surface area (TPSA) is 99.0 Å². The van der Waals surface area contributed by atoms with Gasteiger partial charge in [0.1, 0.15) is 0 Å². The summed E-state index contributed by atoms with van der Waals surface area (Å²) in [6.07, 6.45) is 3.64. The van der Waals surface area contributed by atoms with Gasteiger partial charge in [-0.1, -0.05) is 0 Å². The molecule has 1 atom stereocenters. The molecule has 6 heteroatoms. The number of nitrogens with one attached hydrogen (secondary N) is 1. The van der Waals surface area contributed by atoms with E-state index in [1.54, 1.807) is 18.3 Å². The molecular formula is C13H17N5O. The van der Waals surface area contributed by atoms with E-state index in [2.05, 4.69) is 10.4 Å². The van der Waals surface area contributed by atoms with E-state index in [0.717, 1.165) is 12.2 Å². The molecule has 1 unspecified atom stereocenters. The van der Waals surface area contributed by atoms with Gasteiger partial charge in [0.2, 0.25) is 0 Å². The molecule has 100 valence electrons. The lowest BCUT2D eigenvalue weighted by Gasteiger charge is -2.16. The highest BCUT2D eigenvalue weighted by molar-refractivity contribution is 5.98. The van der Waals surface area contributed by atoms with Crippen molar-refractivity contribution in [2.75, 3.05) is 11.1 Å². The first-order valence-electron chi connectivity index (χ1n) is 5.99. The summed E-state index contributed by atoms with van der Waals surface area (Å²) in [5, 5.41) is 7.42. The van der Waals surface area contributed by atoms with E-state index in [4.69, 9.17) is 11.5 Å². The van der Waals surface area contributed by atoms with E-state index < -0.39 is 5.91 Å². The molecule has 1 aromatic heterocycles. The van der Waals surface area contributed by atoms with Crippen molar-refractivity contribution in [3.8, 4) is 0 Å². The van der Waals surface area contributed by atoms with Crippen molar-refractivity contribution in [2.24, 2.45) is 5.73 Å². The highest BCUT2D eigenvalue weighted by Gasteiger charge is 2.08. The number of nitrogen functional groups attached to an aromatic ring is 1. The lowest BCUT2D eigenvalue weighted by molar-refractivity contribution is 0.100. The van der Waals surface area contributed by atoms with Gasteiger partial charge in [0.15, 0.2) is 0 Å². The molecule has 1 aromatic carbocycles. The molecule has 2 rings (SSSR count). The van der Waals surface area contributed by atoms with Crippen LogP contribution >= 0.6 is 0 Å². The van der Waals surface area contributed by atoms with Gasteiger partial charge in [-0.25, -0.2) is 0 Å². The van der Waals surface area contributed by atoms with Gasteiger partial charge >= 0.3 is 0 Å². The van der Waals surface area contributed by atoms with Crippen LogP contribution in [0.1, 0.15) is 17.3 Å². The van der Waals surface area contributed by atoms with Crippen molar-refractivity contribution in [1.29, 1.82) is 0 Å². The fraction of sp³-hybridized carbons (Fsp3) is 0.231. The van der Waals surface area contributed by atoms with Crippen LogP contribution in [0.5, 0.6) is 0 Å². The number of hydrogen-bond acceptors (Lipinski definition) is 4. The predicted molar refractivity (Wildman–Crippen MR) is 74.7 cm³/mol. The average Bonchev–Trinajstić information content (AvgIpc) is 2.84. The van der Waals surface area contributed by atoms with E-state index in [1.807, 2.05) is 29.9 Å². The number of benzene rings is 1. The first kappa shape index (κ1) is 12.9. The van der Waals surface area contributed by atoms with Gasteiger partial charge in [-0.05, 0) is 31.2 Å². The van der Waals surface area contributed by atoms with Crippen LogP contribution in [0.4, 0.5) is 11.4 Å². The van der Waals surface area contributed by atoms with Crippen LogP contribution in [0.3, 0.4) is 0 Å². The molecule has 0 aliphatic carbocycles. The third-order valence-corrected chi connectivity index (χ3v) is 2.75. The minimum atomic E-state index is -0.527. The Balaban J connectivity index is 2.06. The van der Waals surface area contributed by atoms with E-state index in [-0.39, 0.29) is 6.04 Å². The maximum absolute atomic E-state index is 11.2. The number of carbonyl (C=O) groups is 1. The largest absolute Gasteiger partial charge is 0.398 e. The standard InChI is InChI=1S/C13H17N5O/c1-9(8-18-6-2-5-16-18)17-10-3-4-12(14)11(7-10)13(15)19/h2-7,9,17H,8,14H2,1H3,(H2,15,19). The molecule has 0 saturated carbocycles. The Morgan fingerprint density at radius 3 is 2.95 bits per heavy atom. The molecule has 1 heterocycles. The normalized spacial score (nSPS) is 12.1. The second-order valence-corrected chi connectivity index (χ2v) is 4.44. The zero-order valence-corrected chi connectivity index (χ0v) is 10.7. The maximum atomic E-state index is 11.2. The van der Waals surface area contributed by atoms with Crippen LogP contribution in [-0.4, -0.2) is 21.7 Å². The predicted octanol–water partition coefficient (Wildman–Crippen LogP) is 1.06. The smallest absolute Gasteiger partial charge is 0.250 e. The minimum Gasteiger partial charge on any atom is -0.398 e.